The van der Waals surface area contributed by atoms with Crippen LogP contribution in [0.25, 0.3) is 0 Å². The van der Waals surface area contributed by atoms with Crippen molar-refractivity contribution in [1.82, 2.24) is 0 Å². The first-order chi connectivity index (χ1) is 12.5. The molecular formula is C19H18Cl2FNO3. The third kappa shape index (κ3) is 4.67. The number of hydrogen-bond acceptors (Lipinski definition) is 3. The van der Waals surface area contributed by atoms with E-state index in [4.69, 9.17) is 32.7 Å². The van der Waals surface area contributed by atoms with E-state index < -0.39 is 11.7 Å². The zero-order chi connectivity index (χ0) is 18.5. The first kappa shape index (κ1) is 19.0. The summed E-state index contributed by atoms with van der Waals surface area (Å²) in [5.74, 6) is -0.740. The fourth-order valence-electron chi connectivity index (χ4n) is 2.70. The third-order valence-electron chi connectivity index (χ3n) is 4.09. The van der Waals surface area contributed by atoms with Crippen LogP contribution >= 0.6 is 23.2 Å². The quantitative estimate of drug-likeness (QED) is 0.693. The summed E-state index contributed by atoms with van der Waals surface area (Å²) in [6.07, 6.45) is 3.19. The SMILES string of the molecule is O=C(Nc1ccccc1OCC1CCCCO1)c1cc(F)c(Cl)cc1Cl. The minimum absolute atomic E-state index is 0.000941. The van der Waals surface area contributed by atoms with E-state index in [1.54, 1.807) is 18.2 Å². The molecular weight excluding hydrogens is 380 g/mol. The van der Waals surface area contributed by atoms with E-state index in [1.807, 2.05) is 6.07 Å². The molecule has 1 aliphatic rings. The number of benzene rings is 2. The summed E-state index contributed by atoms with van der Waals surface area (Å²) >= 11 is 11.7. The van der Waals surface area contributed by atoms with Gasteiger partial charge in [-0.2, -0.15) is 0 Å². The van der Waals surface area contributed by atoms with Crippen LogP contribution in [0.5, 0.6) is 5.75 Å². The largest absolute Gasteiger partial charge is 0.489 e. The molecule has 4 nitrogen and oxygen atoms in total. The molecule has 1 fully saturated rings. The van der Waals surface area contributed by atoms with E-state index in [1.165, 1.54) is 6.07 Å². The van der Waals surface area contributed by atoms with Crippen LogP contribution in [0.1, 0.15) is 29.6 Å². The van der Waals surface area contributed by atoms with Gasteiger partial charge in [-0.05, 0) is 43.5 Å². The highest BCUT2D eigenvalue weighted by Crippen LogP contribution is 2.28. The van der Waals surface area contributed by atoms with Crippen LogP contribution in [0.15, 0.2) is 36.4 Å². The van der Waals surface area contributed by atoms with Crippen molar-refractivity contribution in [2.45, 2.75) is 25.4 Å². The molecule has 7 heteroatoms. The lowest BCUT2D eigenvalue weighted by Crippen LogP contribution is -2.26. The van der Waals surface area contributed by atoms with Gasteiger partial charge in [-0.1, -0.05) is 35.3 Å². The maximum atomic E-state index is 13.7. The number of amides is 1. The lowest BCUT2D eigenvalue weighted by molar-refractivity contribution is -0.0109. The third-order valence-corrected chi connectivity index (χ3v) is 4.69. The summed E-state index contributed by atoms with van der Waals surface area (Å²) in [7, 11) is 0. The molecule has 1 N–H and O–H groups in total. The lowest BCUT2D eigenvalue weighted by atomic mass is 10.1. The van der Waals surface area contributed by atoms with Crippen LogP contribution in [0.4, 0.5) is 10.1 Å². The summed E-state index contributed by atoms with van der Waals surface area (Å²) in [6, 6.07) is 9.25. The first-order valence-corrected chi connectivity index (χ1v) is 9.09. The summed E-state index contributed by atoms with van der Waals surface area (Å²) in [6.45, 7) is 1.15. The molecule has 3 rings (SSSR count). The van der Waals surface area contributed by atoms with Crippen LogP contribution in [0.3, 0.4) is 0 Å². The van der Waals surface area contributed by atoms with E-state index in [0.717, 1.165) is 31.9 Å². The standard InChI is InChI=1S/C19H18Cl2FNO3/c20-14-10-15(21)16(22)9-13(14)19(24)23-17-6-1-2-7-18(17)26-11-12-5-3-4-8-25-12/h1-2,6-7,9-10,12H,3-5,8,11H2,(H,23,24). The van der Waals surface area contributed by atoms with Crippen molar-refractivity contribution in [3.63, 3.8) is 0 Å². The van der Waals surface area contributed by atoms with Gasteiger partial charge in [-0.25, -0.2) is 4.39 Å². The highest BCUT2D eigenvalue weighted by atomic mass is 35.5. The Morgan fingerprint density at radius 1 is 1.23 bits per heavy atom. The molecule has 0 bridgehead atoms. The van der Waals surface area contributed by atoms with E-state index in [0.29, 0.717) is 18.0 Å². The number of ether oxygens (including phenoxy) is 2. The normalized spacial score (nSPS) is 17.0. The number of carbonyl (C=O) groups is 1. The maximum Gasteiger partial charge on any atom is 0.257 e. The molecule has 1 amide bonds. The van der Waals surface area contributed by atoms with Gasteiger partial charge in [0.2, 0.25) is 0 Å². The number of anilines is 1. The monoisotopic (exact) mass is 397 g/mol. The van der Waals surface area contributed by atoms with Gasteiger partial charge in [0.15, 0.2) is 0 Å². The molecule has 1 aliphatic heterocycles. The van der Waals surface area contributed by atoms with E-state index in [2.05, 4.69) is 5.32 Å². The number of hydrogen-bond donors (Lipinski definition) is 1. The average Bonchev–Trinajstić information content (AvgIpc) is 2.64. The van der Waals surface area contributed by atoms with Gasteiger partial charge in [-0.3, -0.25) is 4.79 Å². The van der Waals surface area contributed by atoms with Crippen molar-refractivity contribution < 1.29 is 18.7 Å². The highest BCUT2D eigenvalue weighted by molar-refractivity contribution is 6.37. The predicted octanol–water partition coefficient (Wildman–Crippen LogP) is 5.33. The van der Waals surface area contributed by atoms with Gasteiger partial charge in [0, 0.05) is 6.61 Å². The van der Waals surface area contributed by atoms with Crippen molar-refractivity contribution in [2.24, 2.45) is 0 Å². The minimum Gasteiger partial charge on any atom is -0.489 e. The van der Waals surface area contributed by atoms with Crippen molar-refractivity contribution in [3.05, 3.63) is 57.8 Å². The van der Waals surface area contributed by atoms with Crippen LogP contribution in [-0.4, -0.2) is 25.2 Å². The Morgan fingerprint density at radius 2 is 2.04 bits per heavy atom. The Morgan fingerprint density at radius 3 is 2.81 bits per heavy atom. The molecule has 0 saturated carbocycles. The molecule has 1 saturated heterocycles. The molecule has 2 aromatic rings. The van der Waals surface area contributed by atoms with E-state index >= 15 is 0 Å². The summed E-state index contributed by atoms with van der Waals surface area (Å²) in [5, 5.41) is 2.64. The van der Waals surface area contributed by atoms with Crippen LogP contribution in [0, 0.1) is 5.82 Å². The van der Waals surface area contributed by atoms with Crippen LogP contribution < -0.4 is 10.1 Å². The Hall–Kier alpha value is -1.82. The molecule has 1 unspecified atom stereocenters. The maximum absolute atomic E-state index is 13.7. The number of nitrogens with one attached hydrogen (secondary N) is 1. The average molecular weight is 398 g/mol. The molecule has 0 radical (unpaired) electrons. The molecule has 2 aromatic carbocycles. The summed E-state index contributed by atoms with van der Waals surface area (Å²) in [4.78, 5) is 12.5. The van der Waals surface area contributed by atoms with Gasteiger partial charge in [0.05, 0.1) is 27.4 Å². The Kier molecular flexibility index (Phi) is 6.35. The molecule has 1 heterocycles. The predicted molar refractivity (Wildman–Crippen MR) is 99.9 cm³/mol. The Balaban J connectivity index is 1.71. The molecule has 0 spiro atoms. The second-order valence-corrected chi connectivity index (χ2v) is 6.81. The first-order valence-electron chi connectivity index (χ1n) is 8.34. The van der Waals surface area contributed by atoms with Gasteiger partial charge in [0.1, 0.15) is 18.2 Å². The molecule has 26 heavy (non-hydrogen) atoms. The summed E-state index contributed by atoms with van der Waals surface area (Å²) in [5.41, 5.74) is 0.471. The second-order valence-electron chi connectivity index (χ2n) is 6.00. The van der Waals surface area contributed by atoms with E-state index in [-0.39, 0.29) is 21.7 Å². The number of halogens is 3. The number of rotatable bonds is 5. The molecule has 0 aliphatic carbocycles. The van der Waals surface area contributed by atoms with E-state index in [9.17, 15) is 9.18 Å². The van der Waals surface area contributed by atoms with Crippen molar-refractivity contribution in [2.75, 3.05) is 18.5 Å². The fourth-order valence-corrected chi connectivity index (χ4v) is 3.17. The number of carbonyl (C=O) groups excluding carboxylic acids is 1. The van der Waals surface area contributed by atoms with Crippen molar-refractivity contribution in [3.8, 4) is 5.75 Å². The van der Waals surface area contributed by atoms with Crippen LogP contribution in [-0.2, 0) is 4.74 Å². The topological polar surface area (TPSA) is 47.6 Å². The number of para-hydroxylation sites is 2. The molecule has 1 atom stereocenters. The second kappa shape index (κ2) is 8.71. The van der Waals surface area contributed by atoms with Gasteiger partial charge < -0.3 is 14.8 Å². The zero-order valence-electron chi connectivity index (χ0n) is 13.9. The van der Waals surface area contributed by atoms with Crippen LogP contribution in [0.2, 0.25) is 10.0 Å². The lowest BCUT2D eigenvalue weighted by Gasteiger charge is -2.23. The van der Waals surface area contributed by atoms with Crippen molar-refractivity contribution >= 4 is 34.8 Å². The minimum atomic E-state index is -0.708. The molecule has 0 aromatic heterocycles. The van der Waals surface area contributed by atoms with Gasteiger partial charge in [-0.15, -0.1) is 0 Å². The fraction of sp³-hybridized carbons (Fsp3) is 0.316. The summed E-state index contributed by atoms with van der Waals surface area (Å²) < 4.78 is 25.1. The Labute approximate surface area is 161 Å². The van der Waals surface area contributed by atoms with Crippen molar-refractivity contribution in [1.29, 1.82) is 0 Å². The highest BCUT2D eigenvalue weighted by Gasteiger charge is 2.18. The van der Waals surface area contributed by atoms with Gasteiger partial charge >= 0.3 is 0 Å². The zero-order valence-corrected chi connectivity index (χ0v) is 15.4. The van der Waals surface area contributed by atoms with Gasteiger partial charge in [0.25, 0.3) is 5.91 Å². The smallest absolute Gasteiger partial charge is 0.257 e. The Bertz CT molecular complexity index is 794. The molecule has 138 valence electrons.